The molecule has 0 spiro atoms. The maximum Gasteiger partial charge on any atom is 0.305 e. The lowest BCUT2D eigenvalue weighted by Crippen LogP contribution is -2.45. The minimum atomic E-state index is -0.932. The van der Waals surface area contributed by atoms with Gasteiger partial charge in [0.25, 0.3) is 5.91 Å². The van der Waals surface area contributed by atoms with E-state index in [1.165, 1.54) is 0 Å². The topological polar surface area (TPSA) is 82.5 Å². The van der Waals surface area contributed by atoms with Crippen molar-refractivity contribution in [2.45, 2.75) is 33.2 Å². The Morgan fingerprint density at radius 2 is 2.00 bits per heavy atom. The number of carbonyl (C=O) groups excluding carboxylic acids is 1. The zero-order chi connectivity index (χ0) is 16.2. The minimum Gasteiger partial charge on any atom is -0.481 e. The highest BCUT2D eigenvalue weighted by Gasteiger charge is 2.28. The molecular weight excluding hydrogens is 270 g/mol. The smallest absolute Gasteiger partial charge is 0.305 e. The molecule has 1 aromatic heterocycles. The highest BCUT2D eigenvalue weighted by Crippen LogP contribution is 2.22. The van der Waals surface area contributed by atoms with Gasteiger partial charge in [0.2, 0.25) is 0 Å². The maximum atomic E-state index is 12.3. The summed E-state index contributed by atoms with van der Waals surface area (Å²) >= 11 is 0. The molecule has 0 saturated heterocycles. The van der Waals surface area contributed by atoms with Crippen molar-refractivity contribution in [1.82, 2.24) is 10.3 Å². The molecule has 1 rings (SSSR count). The first-order valence-electron chi connectivity index (χ1n) is 6.77. The van der Waals surface area contributed by atoms with E-state index in [0.717, 1.165) is 0 Å². The molecule has 0 aliphatic heterocycles. The average molecular weight is 293 g/mol. The molecule has 0 saturated carbocycles. The Morgan fingerprint density at radius 3 is 2.48 bits per heavy atom. The highest BCUT2D eigenvalue weighted by molar-refractivity contribution is 5.95. The van der Waals surface area contributed by atoms with Crippen LogP contribution in [0.5, 0.6) is 0 Å². The molecule has 6 heteroatoms. The van der Waals surface area contributed by atoms with Crippen molar-refractivity contribution < 1.29 is 14.7 Å². The van der Waals surface area contributed by atoms with E-state index in [4.69, 9.17) is 5.11 Å². The lowest BCUT2D eigenvalue weighted by Gasteiger charge is -2.30. The fourth-order valence-corrected chi connectivity index (χ4v) is 1.79. The Labute approximate surface area is 125 Å². The van der Waals surface area contributed by atoms with Crippen molar-refractivity contribution in [2.75, 3.05) is 19.0 Å². The van der Waals surface area contributed by atoms with E-state index >= 15 is 0 Å². The number of carboxylic acids is 1. The van der Waals surface area contributed by atoms with Gasteiger partial charge in [0.05, 0.1) is 6.42 Å². The van der Waals surface area contributed by atoms with Gasteiger partial charge in [0.1, 0.15) is 5.82 Å². The number of pyridine rings is 1. The lowest BCUT2D eigenvalue weighted by atomic mass is 9.84. The summed E-state index contributed by atoms with van der Waals surface area (Å²) in [4.78, 5) is 29.2. The molecule has 116 valence electrons. The van der Waals surface area contributed by atoms with Gasteiger partial charge in [0.15, 0.2) is 0 Å². The summed E-state index contributed by atoms with van der Waals surface area (Å²) in [7, 11) is 3.68. The molecule has 2 N–H and O–H groups in total. The molecule has 0 fully saturated rings. The van der Waals surface area contributed by atoms with Crippen LogP contribution >= 0.6 is 0 Å². The number of amides is 1. The molecule has 1 aromatic rings. The zero-order valence-corrected chi connectivity index (χ0v) is 13.2. The number of aliphatic carboxylic acids is 1. The molecule has 1 atom stereocenters. The Hall–Kier alpha value is -2.11. The molecule has 21 heavy (non-hydrogen) atoms. The molecule has 1 amide bonds. The largest absolute Gasteiger partial charge is 0.481 e. The van der Waals surface area contributed by atoms with Gasteiger partial charge >= 0.3 is 5.97 Å². The minimum absolute atomic E-state index is 0.110. The summed E-state index contributed by atoms with van der Waals surface area (Å²) in [6.45, 7) is 5.70. The molecule has 1 heterocycles. The van der Waals surface area contributed by atoms with Crippen molar-refractivity contribution in [3.8, 4) is 0 Å². The number of carbonyl (C=O) groups is 2. The predicted octanol–water partition coefficient (Wildman–Crippen LogP) is 1.77. The molecule has 0 aliphatic carbocycles. The Bertz CT molecular complexity index is 521. The Kier molecular flexibility index (Phi) is 5.29. The van der Waals surface area contributed by atoms with Crippen molar-refractivity contribution in [3.63, 3.8) is 0 Å². The summed E-state index contributed by atoms with van der Waals surface area (Å²) in [6, 6.07) is 2.84. The third-order valence-electron chi connectivity index (χ3n) is 3.20. The number of aromatic nitrogens is 1. The normalized spacial score (nSPS) is 12.6. The van der Waals surface area contributed by atoms with Crippen molar-refractivity contribution >= 4 is 17.7 Å². The second-order valence-electron chi connectivity index (χ2n) is 6.29. The van der Waals surface area contributed by atoms with Crippen LogP contribution in [-0.4, -0.2) is 42.1 Å². The fraction of sp³-hybridized carbons (Fsp3) is 0.533. The first kappa shape index (κ1) is 16.9. The number of nitrogens with one attached hydrogen (secondary N) is 1. The van der Waals surface area contributed by atoms with Crippen molar-refractivity contribution in [1.29, 1.82) is 0 Å². The van der Waals surface area contributed by atoms with Gasteiger partial charge in [-0.2, -0.15) is 0 Å². The molecule has 0 bridgehead atoms. The summed E-state index contributed by atoms with van der Waals surface area (Å²) < 4.78 is 0. The van der Waals surface area contributed by atoms with Gasteiger partial charge in [-0.15, -0.1) is 0 Å². The lowest BCUT2D eigenvalue weighted by molar-refractivity contribution is -0.138. The SMILES string of the molecule is CN(C)c1cc(C(=O)NC(CC(=O)O)C(C)(C)C)ccn1. The van der Waals surface area contributed by atoms with E-state index in [-0.39, 0.29) is 17.7 Å². The van der Waals surface area contributed by atoms with Crippen LogP contribution in [0.3, 0.4) is 0 Å². The maximum absolute atomic E-state index is 12.3. The summed E-state index contributed by atoms with van der Waals surface area (Å²) in [6.07, 6.45) is 1.45. The fourth-order valence-electron chi connectivity index (χ4n) is 1.79. The highest BCUT2D eigenvalue weighted by atomic mass is 16.4. The van der Waals surface area contributed by atoms with Crippen LogP contribution in [-0.2, 0) is 4.79 Å². The van der Waals surface area contributed by atoms with E-state index < -0.39 is 12.0 Å². The van der Waals surface area contributed by atoms with Gasteiger partial charge in [-0.1, -0.05) is 20.8 Å². The number of carboxylic acid groups (broad SMARTS) is 1. The van der Waals surface area contributed by atoms with Gasteiger partial charge in [0, 0.05) is 31.9 Å². The summed E-state index contributed by atoms with van der Waals surface area (Å²) in [5.74, 6) is -0.547. The van der Waals surface area contributed by atoms with Crippen LogP contribution in [0.4, 0.5) is 5.82 Å². The molecular formula is C15H23N3O3. The summed E-state index contributed by atoms with van der Waals surface area (Å²) in [5.41, 5.74) is 0.124. The molecule has 0 radical (unpaired) electrons. The second-order valence-corrected chi connectivity index (χ2v) is 6.29. The predicted molar refractivity (Wildman–Crippen MR) is 81.5 cm³/mol. The number of rotatable bonds is 5. The Morgan fingerprint density at radius 1 is 1.38 bits per heavy atom. The number of hydrogen-bond donors (Lipinski definition) is 2. The van der Waals surface area contributed by atoms with Crippen molar-refractivity contribution in [2.24, 2.45) is 5.41 Å². The number of nitrogens with zero attached hydrogens (tertiary/aromatic N) is 2. The van der Waals surface area contributed by atoms with Crippen LogP contribution in [0.1, 0.15) is 37.6 Å². The zero-order valence-electron chi connectivity index (χ0n) is 13.2. The molecule has 0 aromatic carbocycles. The number of anilines is 1. The number of hydrogen-bond acceptors (Lipinski definition) is 4. The third kappa shape index (κ3) is 5.06. The van der Waals surface area contributed by atoms with Crippen LogP contribution in [0.25, 0.3) is 0 Å². The first-order valence-corrected chi connectivity index (χ1v) is 6.77. The second kappa shape index (κ2) is 6.56. The van der Waals surface area contributed by atoms with Crippen LogP contribution in [0.2, 0.25) is 0 Å². The molecule has 6 nitrogen and oxygen atoms in total. The van der Waals surface area contributed by atoms with Crippen LogP contribution < -0.4 is 10.2 Å². The van der Waals surface area contributed by atoms with Gasteiger partial charge < -0.3 is 15.3 Å². The van der Waals surface area contributed by atoms with Gasteiger partial charge in [-0.3, -0.25) is 9.59 Å². The van der Waals surface area contributed by atoms with E-state index in [9.17, 15) is 9.59 Å². The van der Waals surface area contributed by atoms with Crippen LogP contribution in [0, 0.1) is 5.41 Å². The average Bonchev–Trinajstić information content (AvgIpc) is 2.36. The van der Waals surface area contributed by atoms with E-state index in [0.29, 0.717) is 11.4 Å². The van der Waals surface area contributed by atoms with Crippen LogP contribution in [0.15, 0.2) is 18.3 Å². The van der Waals surface area contributed by atoms with E-state index in [1.807, 2.05) is 34.9 Å². The van der Waals surface area contributed by atoms with Crippen molar-refractivity contribution in [3.05, 3.63) is 23.9 Å². The first-order chi connectivity index (χ1) is 9.61. The van der Waals surface area contributed by atoms with Gasteiger partial charge in [-0.05, 0) is 17.5 Å². The third-order valence-corrected chi connectivity index (χ3v) is 3.20. The monoisotopic (exact) mass is 293 g/mol. The quantitative estimate of drug-likeness (QED) is 0.864. The molecule has 0 aliphatic rings. The van der Waals surface area contributed by atoms with Gasteiger partial charge in [-0.25, -0.2) is 4.98 Å². The van der Waals surface area contributed by atoms with E-state index in [2.05, 4.69) is 10.3 Å². The molecule has 1 unspecified atom stereocenters. The summed E-state index contributed by atoms with van der Waals surface area (Å²) in [5, 5.41) is 11.8. The standard InChI is InChI=1S/C15H23N3O3/c1-15(2,3)11(9-13(19)20)17-14(21)10-6-7-16-12(8-10)18(4)5/h6-8,11H,9H2,1-5H3,(H,17,21)(H,19,20). The Balaban J connectivity index is 2.91. The van der Waals surface area contributed by atoms with E-state index in [1.54, 1.807) is 23.2 Å².